The predicted molar refractivity (Wildman–Crippen MR) is 115 cm³/mol. The zero-order chi connectivity index (χ0) is 21.0. The van der Waals surface area contributed by atoms with E-state index in [2.05, 4.69) is 20.5 Å². The first kappa shape index (κ1) is 20.6. The number of alkyl carbamates (subject to hydrolysis) is 1. The molecule has 7 heteroatoms. The van der Waals surface area contributed by atoms with E-state index in [0.29, 0.717) is 6.54 Å². The number of carbonyl (C=O) groups is 2. The standard InChI is InChI=1S/C22H28N4O3/c1-5-6-19(27)24-16-7-8-18-15(13-16)9-11-23-20(18)26-12-10-17(14-26)25-21(28)29-22(2,3)4/h5-9,11,13,17H,10,12,14H2,1-4H3,(H,24,27)(H,25,28)/b6-5+/t17-/m1/s1. The zero-order valence-corrected chi connectivity index (χ0v) is 17.4. The number of aromatic nitrogens is 1. The molecule has 29 heavy (non-hydrogen) atoms. The summed E-state index contributed by atoms with van der Waals surface area (Å²) in [6.07, 6.45) is 5.40. The minimum Gasteiger partial charge on any atom is -0.444 e. The van der Waals surface area contributed by atoms with E-state index in [-0.39, 0.29) is 11.9 Å². The minimum atomic E-state index is -0.514. The van der Waals surface area contributed by atoms with Crippen molar-refractivity contribution in [1.29, 1.82) is 0 Å². The number of hydrogen-bond donors (Lipinski definition) is 2. The van der Waals surface area contributed by atoms with E-state index in [9.17, 15) is 9.59 Å². The molecule has 2 aromatic rings. The molecule has 154 valence electrons. The Morgan fingerprint density at radius 2 is 2.07 bits per heavy atom. The summed E-state index contributed by atoms with van der Waals surface area (Å²) >= 11 is 0. The first-order chi connectivity index (χ1) is 13.7. The van der Waals surface area contributed by atoms with Gasteiger partial charge in [-0.3, -0.25) is 4.79 Å². The maximum atomic E-state index is 12.0. The van der Waals surface area contributed by atoms with Crippen molar-refractivity contribution in [2.75, 3.05) is 23.3 Å². The van der Waals surface area contributed by atoms with Crippen molar-refractivity contribution in [3.63, 3.8) is 0 Å². The summed E-state index contributed by atoms with van der Waals surface area (Å²) in [5.74, 6) is 0.721. The molecule has 3 rings (SSSR count). The summed E-state index contributed by atoms with van der Waals surface area (Å²) in [4.78, 5) is 30.5. The van der Waals surface area contributed by atoms with Gasteiger partial charge in [0.05, 0.1) is 6.04 Å². The number of nitrogens with one attached hydrogen (secondary N) is 2. The normalized spacial score (nSPS) is 17.0. The van der Waals surface area contributed by atoms with Gasteiger partial charge in [-0.2, -0.15) is 0 Å². The highest BCUT2D eigenvalue weighted by Gasteiger charge is 2.27. The van der Waals surface area contributed by atoms with Crippen LogP contribution in [0.1, 0.15) is 34.1 Å². The number of carbonyl (C=O) groups excluding carboxylic acids is 2. The summed E-state index contributed by atoms with van der Waals surface area (Å²) in [7, 11) is 0. The van der Waals surface area contributed by atoms with Gasteiger partial charge in [0, 0.05) is 30.4 Å². The average molecular weight is 396 g/mol. The molecule has 1 fully saturated rings. The van der Waals surface area contributed by atoms with Crippen molar-refractivity contribution in [3.8, 4) is 0 Å². The lowest BCUT2D eigenvalue weighted by atomic mass is 10.1. The van der Waals surface area contributed by atoms with Crippen LogP contribution < -0.4 is 15.5 Å². The molecule has 0 spiro atoms. The number of allylic oxidation sites excluding steroid dienone is 1. The van der Waals surface area contributed by atoms with E-state index in [0.717, 1.165) is 35.2 Å². The fourth-order valence-corrected chi connectivity index (χ4v) is 3.37. The molecule has 2 N–H and O–H groups in total. The number of pyridine rings is 1. The number of rotatable bonds is 4. The average Bonchev–Trinajstić information content (AvgIpc) is 3.07. The van der Waals surface area contributed by atoms with Crippen LogP contribution in [0.4, 0.5) is 16.3 Å². The van der Waals surface area contributed by atoms with Crippen LogP contribution in [0.15, 0.2) is 42.6 Å². The van der Waals surface area contributed by atoms with Crippen LogP contribution >= 0.6 is 0 Å². The molecule has 1 aromatic heterocycles. The molecule has 1 aliphatic heterocycles. The lowest BCUT2D eigenvalue weighted by molar-refractivity contribution is -0.111. The lowest BCUT2D eigenvalue weighted by Gasteiger charge is -2.22. The quantitative estimate of drug-likeness (QED) is 0.767. The molecule has 1 atom stereocenters. The van der Waals surface area contributed by atoms with Gasteiger partial charge in [-0.05, 0) is 69.8 Å². The van der Waals surface area contributed by atoms with Crippen LogP contribution in [0.25, 0.3) is 10.8 Å². The molecule has 2 heterocycles. The molecule has 0 unspecified atom stereocenters. The van der Waals surface area contributed by atoms with E-state index in [1.807, 2.05) is 45.0 Å². The SMILES string of the molecule is C/C=C/C(=O)Nc1ccc2c(N3CC[C@@H](NC(=O)OC(C)(C)C)C3)nccc2c1. The number of ether oxygens (including phenoxy) is 1. The Hall–Kier alpha value is -3.09. The number of amides is 2. The Morgan fingerprint density at radius 3 is 2.79 bits per heavy atom. The molecule has 0 saturated carbocycles. The fourth-order valence-electron chi connectivity index (χ4n) is 3.37. The van der Waals surface area contributed by atoms with Gasteiger partial charge in [0.1, 0.15) is 11.4 Å². The molecule has 1 aliphatic rings. The van der Waals surface area contributed by atoms with Gasteiger partial charge in [-0.15, -0.1) is 0 Å². The summed E-state index contributed by atoms with van der Waals surface area (Å²) < 4.78 is 5.35. The number of benzene rings is 1. The van der Waals surface area contributed by atoms with E-state index in [1.165, 1.54) is 6.08 Å². The van der Waals surface area contributed by atoms with Crippen molar-refractivity contribution < 1.29 is 14.3 Å². The second-order valence-corrected chi connectivity index (χ2v) is 8.14. The van der Waals surface area contributed by atoms with Crippen LogP contribution in [0.5, 0.6) is 0 Å². The van der Waals surface area contributed by atoms with Gasteiger partial charge < -0.3 is 20.3 Å². The Bertz CT molecular complexity index is 933. The smallest absolute Gasteiger partial charge is 0.407 e. The number of nitrogens with zero attached hydrogens (tertiary/aromatic N) is 2. The van der Waals surface area contributed by atoms with E-state index in [1.54, 1.807) is 19.2 Å². The van der Waals surface area contributed by atoms with Crippen molar-refractivity contribution in [2.24, 2.45) is 0 Å². The maximum absolute atomic E-state index is 12.0. The molecule has 0 radical (unpaired) electrons. The lowest BCUT2D eigenvalue weighted by Crippen LogP contribution is -2.40. The van der Waals surface area contributed by atoms with Gasteiger partial charge >= 0.3 is 6.09 Å². The molecule has 7 nitrogen and oxygen atoms in total. The maximum Gasteiger partial charge on any atom is 0.407 e. The van der Waals surface area contributed by atoms with E-state index in [4.69, 9.17) is 4.74 Å². The van der Waals surface area contributed by atoms with Crippen LogP contribution in [0.3, 0.4) is 0 Å². The number of anilines is 2. The van der Waals surface area contributed by atoms with Crippen molar-refractivity contribution >= 4 is 34.3 Å². The van der Waals surface area contributed by atoms with Crippen molar-refractivity contribution in [1.82, 2.24) is 10.3 Å². The van der Waals surface area contributed by atoms with Gasteiger partial charge in [0.25, 0.3) is 0 Å². The first-order valence-electron chi connectivity index (χ1n) is 9.82. The van der Waals surface area contributed by atoms with Crippen molar-refractivity contribution in [2.45, 2.75) is 45.8 Å². The van der Waals surface area contributed by atoms with E-state index < -0.39 is 11.7 Å². The van der Waals surface area contributed by atoms with Crippen LogP contribution in [0, 0.1) is 0 Å². The van der Waals surface area contributed by atoms with Crippen molar-refractivity contribution in [3.05, 3.63) is 42.6 Å². The summed E-state index contributed by atoms with van der Waals surface area (Å²) in [5.41, 5.74) is 0.225. The first-order valence-corrected chi connectivity index (χ1v) is 9.82. The Balaban J connectivity index is 1.72. The summed E-state index contributed by atoms with van der Waals surface area (Å²) in [5, 5.41) is 7.80. The largest absolute Gasteiger partial charge is 0.444 e. The minimum absolute atomic E-state index is 0.0151. The molecular formula is C22H28N4O3. The third kappa shape index (κ3) is 5.47. The van der Waals surface area contributed by atoms with E-state index >= 15 is 0 Å². The predicted octanol–water partition coefficient (Wildman–Crippen LogP) is 3.85. The van der Waals surface area contributed by atoms with Gasteiger partial charge in [0.2, 0.25) is 5.91 Å². The highest BCUT2D eigenvalue weighted by molar-refractivity contribution is 6.02. The topological polar surface area (TPSA) is 83.6 Å². The molecule has 1 aromatic carbocycles. The Morgan fingerprint density at radius 1 is 1.28 bits per heavy atom. The van der Waals surface area contributed by atoms with Gasteiger partial charge in [-0.1, -0.05) is 6.08 Å². The molecule has 0 aliphatic carbocycles. The monoisotopic (exact) mass is 396 g/mol. The molecule has 1 saturated heterocycles. The second-order valence-electron chi connectivity index (χ2n) is 8.14. The summed E-state index contributed by atoms with van der Waals surface area (Å²) in [6, 6.07) is 7.73. The highest BCUT2D eigenvalue weighted by Crippen LogP contribution is 2.29. The third-order valence-corrected chi connectivity index (χ3v) is 4.54. The van der Waals surface area contributed by atoms with Crippen LogP contribution in [0.2, 0.25) is 0 Å². The van der Waals surface area contributed by atoms with Gasteiger partial charge in [0.15, 0.2) is 0 Å². The van der Waals surface area contributed by atoms with Crippen LogP contribution in [-0.4, -0.2) is 41.7 Å². The molecular weight excluding hydrogens is 368 g/mol. The zero-order valence-electron chi connectivity index (χ0n) is 17.4. The number of hydrogen-bond acceptors (Lipinski definition) is 5. The molecule has 2 amide bonds. The fraction of sp³-hybridized carbons (Fsp3) is 0.409. The number of fused-ring (bicyclic) bond motifs is 1. The highest BCUT2D eigenvalue weighted by atomic mass is 16.6. The van der Waals surface area contributed by atoms with Gasteiger partial charge in [-0.25, -0.2) is 9.78 Å². The Kier molecular flexibility index (Phi) is 6.06. The Labute approximate surface area is 171 Å². The van der Waals surface area contributed by atoms with Crippen LogP contribution in [-0.2, 0) is 9.53 Å². The second kappa shape index (κ2) is 8.51. The third-order valence-electron chi connectivity index (χ3n) is 4.54. The molecule has 0 bridgehead atoms. The summed E-state index contributed by atoms with van der Waals surface area (Å²) in [6.45, 7) is 8.82.